The number of ether oxygens (including phenoxy) is 3. The summed E-state index contributed by atoms with van der Waals surface area (Å²) < 4.78 is 39.5. The van der Waals surface area contributed by atoms with E-state index in [9.17, 15) is 8.42 Å². The molecule has 0 aliphatic carbocycles. The lowest BCUT2D eigenvalue weighted by Gasteiger charge is -2.17. The van der Waals surface area contributed by atoms with Crippen molar-refractivity contribution in [2.24, 2.45) is 4.99 Å². The molecule has 1 fully saturated rings. The molecule has 0 bridgehead atoms. The predicted octanol–water partition coefficient (Wildman–Crippen LogP) is 1.62. The molecule has 1 saturated heterocycles. The van der Waals surface area contributed by atoms with E-state index in [1.807, 2.05) is 19.1 Å². The average molecular weight is 527 g/mol. The van der Waals surface area contributed by atoms with Crippen LogP contribution in [0.1, 0.15) is 18.9 Å². The first-order valence-corrected chi connectivity index (χ1v) is 10.8. The molecular weight excluding hydrogens is 497 g/mol. The number of methoxy groups -OCH3 is 3. The molecule has 0 saturated carbocycles. The zero-order chi connectivity index (χ0) is 19.9. The number of nitrogens with one attached hydrogen (secondary N) is 2. The second-order valence-electron chi connectivity index (χ2n) is 6.25. The molecule has 160 valence electrons. The van der Waals surface area contributed by atoms with E-state index in [0.717, 1.165) is 5.56 Å². The van der Waals surface area contributed by atoms with E-state index in [4.69, 9.17) is 14.2 Å². The summed E-state index contributed by atoms with van der Waals surface area (Å²) in [7, 11) is 1.82. The summed E-state index contributed by atoms with van der Waals surface area (Å²) >= 11 is 0. The Morgan fingerprint density at radius 2 is 1.89 bits per heavy atom. The highest BCUT2D eigenvalue weighted by atomic mass is 127. The van der Waals surface area contributed by atoms with Crippen LogP contribution in [0, 0.1) is 0 Å². The molecule has 1 aromatic rings. The summed E-state index contributed by atoms with van der Waals surface area (Å²) in [4.78, 5) is 4.57. The van der Waals surface area contributed by atoms with E-state index in [-0.39, 0.29) is 41.5 Å². The molecular formula is C18H30IN3O5S. The third-order valence-corrected chi connectivity index (χ3v) is 6.12. The van der Waals surface area contributed by atoms with Gasteiger partial charge in [0.05, 0.1) is 32.8 Å². The van der Waals surface area contributed by atoms with Crippen molar-refractivity contribution >= 4 is 39.8 Å². The fraction of sp³-hybridized carbons (Fsp3) is 0.611. The van der Waals surface area contributed by atoms with Crippen molar-refractivity contribution in [1.29, 1.82) is 0 Å². The first-order valence-electron chi connectivity index (χ1n) is 8.97. The molecule has 2 rings (SSSR count). The molecule has 1 atom stereocenters. The maximum absolute atomic E-state index is 11.6. The lowest BCUT2D eigenvalue weighted by molar-refractivity contribution is 0.322. The molecule has 10 heteroatoms. The molecule has 28 heavy (non-hydrogen) atoms. The van der Waals surface area contributed by atoms with Gasteiger partial charge in [-0.3, -0.25) is 4.99 Å². The van der Waals surface area contributed by atoms with E-state index in [1.54, 1.807) is 21.3 Å². The third kappa shape index (κ3) is 6.57. The van der Waals surface area contributed by atoms with Gasteiger partial charge in [0, 0.05) is 24.7 Å². The van der Waals surface area contributed by atoms with E-state index in [0.29, 0.717) is 49.1 Å². The molecule has 0 aromatic heterocycles. The molecule has 1 aliphatic rings. The Morgan fingerprint density at radius 3 is 2.43 bits per heavy atom. The lowest BCUT2D eigenvalue weighted by atomic mass is 10.1. The van der Waals surface area contributed by atoms with Gasteiger partial charge >= 0.3 is 0 Å². The van der Waals surface area contributed by atoms with E-state index >= 15 is 0 Å². The number of hydrogen-bond donors (Lipinski definition) is 2. The Morgan fingerprint density at radius 1 is 1.18 bits per heavy atom. The second kappa shape index (κ2) is 11.5. The maximum Gasteiger partial charge on any atom is 0.203 e. The Labute approximate surface area is 184 Å². The molecule has 8 nitrogen and oxygen atoms in total. The summed E-state index contributed by atoms with van der Waals surface area (Å²) in [6, 6.07) is 3.68. The SMILES string of the molecule is CCNC(=NCCc1ccc(OC)c(OC)c1OC)NC1CCS(=O)(=O)C1.I. The van der Waals surface area contributed by atoms with Crippen molar-refractivity contribution in [3.63, 3.8) is 0 Å². The predicted molar refractivity (Wildman–Crippen MR) is 121 cm³/mol. The van der Waals surface area contributed by atoms with Gasteiger partial charge in [-0.2, -0.15) is 0 Å². The zero-order valence-corrected chi connectivity index (χ0v) is 19.9. The topological polar surface area (TPSA) is 98.2 Å². The second-order valence-corrected chi connectivity index (χ2v) is 8.48. The number of hydrogen-bond acceptors (Lipinski definition) is 6. The number of benzene rings is 1. The minimum Gasteiger partial charge on any atom is -0.493 e. The van der Waals surface area contributed by atoms with Gasteiger partial charge < -0.3 is 24.8 Å². The molecule has 1 heterocycles. The van der Waals surface area contributed by atoms with E-state index < -0.39 is 9.84 Å². The van der Waals surface area contributed by atoms with Gasteiger partial charge in [0.25, 0.3) is 0 Å². The molecule has 1 aromatic carbocycles. The van der Waals surface area contributed by atoms with Crippen LogP contribution in [-0.4, -0.2) is 66.3 Å². The van der Waals surface area contributed by atoms with Gasteiger partial charge in [-0.05, 0) is 25.8 Å². The van der Waals surface area contributed by atoms with Crippen molar-refractivity contribution in [1.82, 2.24) is 10.6 Å². The number of aliphatic imine (C=N–C) groups is 1. The molecule has 2 N–H and O–H groups in total. The first-order chi connectivity index (χ1) is 12.9. The highest BCUT2D eigenvalue weighted by Crippen LogP contribution is 2.39. The van der Waals surface area contributed by atoms with Crippen LogP contribution < -0.4 is 24.8 Å². The number of guanidine groups is 1. The quantitative estimate of drug-likeness (QED) is 0.301. The van der Waals surface area contributed by atoms with Gasteiger partial charge in [-0.25, -0.2) is 8.42 Å². The molecule has 0 radical (unpaired) electrons. The first kappa shape index (κ1) is 24.6. The highest BCUT2D eigenvalue weighted by molar-refractivity contribution is 14.0. The average Bonchev–Trinajstić information content (AvgIpc) is 2.99. The number of sulfone groups is 1. The summed E-state index contributed by atoms with van der Waals surface area (Å²) in [5, 5.41) is 6.37. The van der Waals surface area contributed by atoms with Crippen LogP contribution in [0.4, 0.5) is 0 Å². The molecule has 0 amide bonds. The van der Waals surface area contributed by atoms with Crippen molar-refractivity contribution < 1.29 is 22.6 Å². The summed E-state index contributed by atoms with van der Waals surface area (Å²) in [5.74, 6) is 2.81. The van der Waals surface area contributed by atoms with Gasteiger partial charge in [0.2, 0.25) is 5.75 Å². The van der Waals surface area contributed by atoms with E-state index in [2.05, 4.69) is 15.6 Å². The minimum atomic E-state index is -2.93. The smallest absolute Gasteiger partial charge is 0.203 e. The molecule has 1 unspecified atom stereocenters. The molecule has 1 aliphatic heterocycles. The van der Waals surface area contributed by atoms with Crippen LogP contribution >= 0.6 is 24.0 Å². The monoisotopic (exact) mass is 527 g/mol. The fourth-order valence-electron chi connectivity index (χ4n) is 3.07. The maximum atomic E-state index is 11.6. The third-order valence-electron chi connectivity index (χ3n) is 4.35. The van der Waals surface area contributed by atoms with Crippen LogP contribution in [-0.2, 0) is 16.3 Å². The number of halogens is 1. The number of nitrogens with zero attached hydrogens (tertiary/aromatic N) is 1. The van der Waals surface area contributed by atoms with Crippen molar-refractivity contribution in [2.45, 2.75) is 25.8 Å². The largest absolute Gasteiger partial charge is 0.493 e. The van der Waals surface area contributed by atoms with Gasteiger partial charge in [-0.15, -0.1) is 24.0 Å². The Hall–Kier alpha value is -1.43. The van der Waals surface area contributed by atoms with E-state index in [1.165, 1.54) is 0 Å². The van der Waals surface area contributed by atoms with Gasteiger partial charge in [0.1, 0.15) is 0 Å². The normalized spacial score (nSPS) is 18.1. The Balaban J connectivity index is 0.00000392. The highest BCUT2D eigenvalue weighted by Gasteiger charge is 2.28. The standard InChI is InChI=1S/C18H29N3O5S.HI/c1-5-19-18(21-14-9-11-27(22,23)12-14)20-10-8-13-6-7-15(24-2)17(26-4)16(13)25-3;/h6-7,14H,5,8-12H2,1-4H3,(H2,19,20,21);1H. The van der Waals surface area contributed by atoms with Crippen LogP contribution in [0.3, 0.4) is 0 Å². The Bertz CT molecular complexity index is 771. The van der Waals surface area contributed by atoms with Gasteiger partial charge in [0.15, 0.2) is 27.3 Å². The fourth-order valence-corrected chi connectivity index (χ4v) is 4.74. The lowest BCUT2D eigenvalue weighted by Crippen LogP contribution is -2.44. The van der Waals surface area contributed by atoms with Crippen LogP contribution in [0.25, 0.3) is 0 Å². The van der Waals surface area contributed by atoms with Crippen LogP contribution in [0.15, 0.2) is 17.1 Å². The van der Waals surface area contributed by atoms with Crippen LogP contribution in [0.5, 0.6) is 17.2 Å². The summed E-state index contributed by atoms with van der Waals surface area (Å²) in [6.07, 6.45) is 1.25. The van der Waals surface area contributed by atoms with Crippen molar-refractivity contribution in [2.75, 3.05) is 45.9 Å². The zero-order valence-electron chi connectivity index (χ0n) is 16.8. The summed E-state index contributed by atoms with van der Waals surface area (Å²) in [6.45, 7) is 3.19. The van der Waals surface area contributed by atoms with Crippen molar-refractivity contribution in [3.05, 3.63) is 17.7 Å². The van der Waals surface area contributed by atoms with Crippen LogP contribution in [0.2, 0.25) is 0 Å². The minimum absolute atomic E-state index is 0. The van der Waals surface area contributed by atoms with Crippen molar-refractivity contribution in [3.8, 4) is 17.2 Å². The molecule has 0 spiro atoms. The van der Waals surface area contributed by atoms with Gasteiger partial charge in [-0.1, -0.05) is 6.07 Å². The number of rotatable bonds is 8. The Kier molecular flexibility index (Phi) is 10.1. The summed E-state index contributed by atoms with van der Waals surface area (Å²) in [5.41, 5.74) is 0.957.